The van der Waals surface area contributed by atoms with Gasteiger partial charge in [-0.05, 0) is 36.3 Å². The third kappa shape index (κ3) is 4.08. The molecule has 0 amide bonds. The van der Waals surface area contributed by atoms with Gasteiger partial charge in [-0.3, -0.25) is 0 Å². The van der Waals surface area contributed by atoms with Crippen LogP contribution in [0.1, 0.15) is 44.1 Å². The Balaban J connectivity index is 0.00000225. The average Bonchev–Trinajstić information content (AvgIpc) is 3.17. The maximum Gasteiger partial charge on any atom is 0.132 e. The number of nitrogens with zero attached hydrogens (tertiary/aromatic N) is 2. The minimum atomic E-state index is -0.245. The minimum absolute atomic E-state index is 0. The van der Waals surface area contributed by atoms with Gasteiger partial charge in [-0.2, -0.15) is 0 Å². The third-order valence-corrected chi connectivity index (χ3v) is 5.13. The van der Waals surface area contributed by atoms with Crippen LogP contribution in [0.3, 0.4) is 0 Å². The second kappa shape index (κ2) is 8.87. The molecule has 3 aromatic rings. The normalized spacial score (nSPS) is 16.5. The third-order valence-electron chi connectivity index (χ3n) is 5.13. The molecule has 6 heteroatoms. The van der Waals surface area contributed by atoms with Crippen molar-refractivity contribution in [3.63, 3.8) is 0 Å². The molecule has 1 aliphatic heterocycles. The van der Waals surface area contributed by atoms with Crippen molar-refractivity contribution in [2.45, 2.75) is 45.1 Å². The quantitative estimate of drug-likeness (QED) is 0.670. The van der Waals surface area contributed by atoms with E-state index in [1.165, 1.54) is 6.07 Å². The topological polar surface area (TPSA) is 61.0 Å². The molecule has 4 rings (SSSR count). The first kappa shape index (κ1) is 21.2. The van der Waals surface area contributed by atoms with Crippen LogP contribution in [0.5, 0.6) is 0 Å². The van der Waals surface area contributed by atoms with E-state index in [0.717, 1.165) is 41.9 Å². The Kier molecular flexibility index (Phi) is 6.71. The van der Waals surface area contributed by atoms with Crippen molar-refractivity contribution in [3.8, 4) is 11.3 Å². The van der Waals surface area contributed by atoms with Crippen LogP contribution < -0.4 is 5.73 Å². The number of nitrogen functional groups attached to an aromatic ring is 1. The first-order chi connectivity index (χ1) is 13.0. The molecule has 1 unspecified atom stereocenters. The van der Waals surface area contributed by atoms with Crippen LogP contribution in [0.15, 0.2) is 36.4 Å². The van der Waals surface area contributed by atoms with Crippen molar-refractivity contribution < 1.29 is 9.13 Å². The standard InChI is InChI=1S/C22H24FN3O.Na/c1-13(2)21-20(24)22(26-19(25-21)12-14-6-5-11-27-14)17-9-10-18(23)16-8-4-3-7-15(16)17;/h3-4,7-10,13-14H,5-6,11-12,24H2,1-2H3;. The molecule has 141 valence electrons. The van der Waals surface area contributed by atoms with Crippen molar-refractivity contribution in [1.29, 1.82) is 0 Å². The fourth-order valence-electron chi connectivity index (χ4n) is 3.75. The summed E-state index contributed by atoms with van der Waals surface area (Å²) >= 11 is 0. The summed E-state index contributed by atoms with van der Waals surface area (Å²) in [6.07, 6.45) is 2.93. The molecule has 0 saturated carbocycles. The van der Waals surface area contributed by atoms with Crippen LogP contribution in [0.4, 0.5) is 10.1 Å². The summed E-state index contributed by atoms with van der Waals surface area (Å²) in [6, 6.07) is 10.7. The van der Waals surface area contributed by atoms with E-state index >= 15 is 0 Å². The Bertz CT molecular complexity index is 987. The zero-order valence-corrected chi connectivity index (χ0v) is 18.7. The van der Waals surface area contributed by atoms with Gasteiger partial charge in [0.1, 0.15) is 11.6 Å². The van der Waals surface area contributed by atoms with E-state index in [1.54, 1.807) is 12.1 Å². The Morgan fingerprint density at radius 2 is 1.89 bits per heavy atom. The summed E-state index contributed by atoms with van der Waals surface area (Å²) in [5.41, 5.74) is 9.39. The number of fused-ring (bicyclic) bond motifs is 1. The molecule has 2 N–H and O–H groups in total. The van der Waals surface area contributed by atoms with E-state index in [1.807, 2.05) is 18.2 Å². The van der Waals surface area contributed by atoms with Gasteiger partial charge in [-0.15, -0.1) is 0 Å². The van der Waals surface area contributed by atoms with Crippen LogP contribution in [-0.4, -0.2) is 52.2 Å². The van der Waals surface area contributed by atoms with E-state index in [9.17, 15) is 4.39 Å². The number of rotatable bonds is 4. The summed E-state index contributed by atoms with van der Waals surface area (Å²) in [7, 11) is 0. The first-order valence-electron chi connectivity index (χ1n) is 9.50. The molecule has 1 fully saturated rings. The predicted molar refractivity (Wildman–Crippen MR) is 112 cm³/mol. The molecular weight excluding hydrogens is 364 g/mol. The number of hydrogen-bond donors (Lipinski definition) is 1. The van der Waals surface area contributed by atoms with Gasteiger partial charge in [0.2, 0.25) is 0 Å². The molecule has 1 radical (unpaired) electrons. The fourth-order valence-corrected chi connectivity index (χ4v) is 3.75. The molecule has 28 heavy (non-hydrogen) atoms. The van der Waals surface area contributed by atoms with E-state index in [-0.39, 0.29) is 47.4 Å². The van der Waals surface area contributed by atoms with E-state index in [0.29, 0.717) is 23.2 Å². The smallest absolute Gasteiger partial charge is 0.132 e. The first-order valence-corrected chi connectivity index (χ1v) is 9.50. The van der Waals surface area contributed by atoms with Gasteiger partial charge >= 0.3 is 0 Å². The molecule has 0 bridgehead atoms. The SMILES string of the molecule is CC(C)c1nc(CC2CCCO2)nc(-c2ccc(F)c3ccccc23)c1N.[Na]. The van der Waals surface area contributed by atoms with Crippen LogP contribution in [0.25, 0.3) is 22.0 Å². The van der Waals surface area contributed by atoms with Crippen LogP contribution in [-0.2, 0) is 11.2 Å². The predicted octanol–water partition coefficient (Wildman–Crippen LogP) is 4.48. The van der Waals surface area contributed by atoms with Crippen molar-refractivity contribution in [1.82, 2.24) is 9.97 Å². The van der Waals surface area contributed by atoms with Crippen molar-refractivity contribution in [2.75, 3.05) is 12.3 Å². The van der Waals surface area contributed by atoms with E-state index < -0.39 is 0 Å². The molecule has 1 atom stereocenters. The monoisotopic (exact) mass is 388 g/mol. The van der Waals surface area contributed by atoms with Gasteiger partial charge in [0.05, 0.1) is 23.2 Å². The van der Waals surface area contributed by atoms with Crippen LogP contribution in [0.2, 0.25) is 0 Å². The minimum Gasteiger partial charge on any atom is -0.395 e. The molecule has 2 heterocycles. The maximum atomic E-state index is 14.3. The average molecular weight is 388 g/mol. The van der Waals surface area contributed by atoms with Crippen molar-refractivity contribution >= 4 is 46.0 Å². The zero-order chi connectivity index (χ0) is 19.0. The Hall–Kier alpha value is -1.53. The number of ether oxygens (including phenoxy) is 1. The molecule has 0 aliphatic carbocycles. The molecule has 2 aromatic carbocycles. The summed E-state index contributed by atoms with van der Waals surface area (Å²) in [6.45, 7) is 4.94. The molecule has 4 nitrogen and oxygen atoms in total. The second-order valence-electron chi connectivity index (χ2n) is 7.42. The summed E-state index contributed by atoms with van der Waals surface area (Å²) in [5, 5.41) is 1.38. The number of halogens is 1. The fraction of sp³-hybridized carbons (Fsp3) is 0.364. The number of hydrogen-bond acceptors (Lipinski definition) is 4. The number of benzene rings is 2. The Morgan fingerprint density at radius 1 is 1.14 bits per heavy atom. The molecule has 1 saturated heterocycles. The molecule has 1 aromatic heterocycles. The number of nitrogens with two attached hydrogens (primary N) is 1. The van der Waals surface area contributed by atoms with Gasteiger partial charge in [0.25, 0.3) is 0 Å². The molecule has 1 aliphatic rings. The second-order valence-corrected chi connectivity index (χ2v) is 7.42. The van der Waals surface area contributed by atoms with E-state index in [4.69, 9.17) is 20.4 Å². The maximum absolute atomic E-state index is 14.3. The Morgan fingerprint density at radius 3 is 2.57 bits per heavy atom. The summed E-state index contributed by atoms with van der Waals surface area (Å²) < 4.78 is 20.0. The van der Waals surface area contributed by atoms with Gasteiger partial charge in [-0.25, -0.2) is 14.4 Å². The van der Waals surface area contributed by atoms with Gasteiger partial charge in [-0.1, -0.05) is 38.1 Å². The Labute approximate surface area is 187 Å². The molecule has 0 spiro atoms. The summed E-state index contributed by atoms with van der Waals surface area (Å²) in [4.78, 5) is 9.52. The largest absolute Gasteiger partial charge is 0.395 e. The van der Waals surface area contributed by atoms with Gasteiger partial charge < -0.3 is 10.5 Å². The zero-order valence-electron chi connectivity index (χ0n) is 16.7. The molecular formula is C22H24FN3NaO. The van der Waals surface area contributed by atoms with Crippen molar-refractivity contribution in [2.24, 2.45) is 0 Å². The number of anilines is 1. The summed E-state index contributed by atoms with van der Waals surface area (Å²) in [5.74, 6) is 0.663. The van der Waals surface area contributed by atoms with E-state index in [2.05, 4.69) is 13.8 Å². The van der Waals surface area contributed by atoms with Crippen molar-refractivity contribution in [3.05, 3.63) is 53.7 Å². The van der Waals surface area contributed by atoms with Crippen LogP contribution in [0, 0.1) is 5.82 Å². The van der Waals surface area contributed by atoms with Gasteiger partial charge in [0.15, 0.2) is 0 Å². The number of aromatic nitrogens is 2. The van der Waals surface area contributed by atoms with Gasteiger partial charge in [0, 0.05) is 53.5 Å². The van der Waals surface area contributed by atoms with Crippen LogP contribution >= 0.6 is 0 Å².